The lowest BCUT2D eigenvalue weighted by molar-refractivity contribution is -0.117. The Hall–Kier alpha value is -2.59. The first-order valence-electron chi connectivity index (χ1n) is 9.55. The lowest BCUT2D eigenvalue weighted by Crippen LogP contribution is -2.45. The van der Waals surface area contributed by atoms with Crippen molar-refractivity contribution in [3.05, 3.63) is 71.8 Å². The average Bonchev–Trinajstić information content (AvgIpc) is 2.66. The molecule has 27 heavy (non-hydrogen) atoms. The van der Waals surface area contributed by atoms with Gasteiger partial charge in [0.1, 0.15) is 0 Å². The lowest BCUT2D eigenvalue weighted by atomic mass is 10.1. The van der Waals surface area contributed by atoms with Crippen molar-refractivity contribution in [1.82, 2.24) is 5.32 Å². The molecule has 1 aliphatic rings. The summed E-state index contributed by atoms with van der Waals surface area (Å²) in [6.45, 7) is 7.99. The van der Waals surface area contributed by atoms with Crippen LogP contribution in [0.3, 0.4) is 0 Å². The molecular weight excluding hydrogens is 336 g/mol. The van der Waals surface area contributed by atoms with E-state index in [0.717, 1.165) is 24.2 Å². The SMILES string of the molecule is CC1CN(c2cccc([C@H](C)NC(=O)/C=C/c3ccccc3)c2)CC(C)O1. The number of carbonyl (C=O) groups is 1. The van der Waals surface area contributed by atoms with Crippen molar-refractivity contribution in [2.45, 2.75) is 39.0 Å². The van der Waals surface area contributed by atoms with Crippen LogP contribution in [0.2, 0.25) is 0 Å². The van der Waals surface area contributed by atoms with Crippen LogP contribution in [-0.2, 0) is 9.53 Å². The summed E-state index contributed by atoms with van der Waals surface area (Å²) in [7, 11) is 0. The first-order chi connectivity index (χ1) is 13.0. The van der Waals surface area contributed by atoms with Crippen LogP contribution in [0.1, 0.15) is 37.9 Å². The normalized spacial score (nSPS) is 21.2. The molecule has 4 heteroatoms. The second-order valence-corrected chi connectivity index (χ2v) is 7.23. The maximum atomic E-state index is 12.2. The molecule has 1 fully saturated rings. The van der Waals surface area contributed by atoms with E-state index < -0.39 is 0 Å². The molecule has 3 rings (SSSR count). The highest BCUT2D eigenvalue weighted by Gasteiger charge is 2.22. The minimum absolute atomic E-state index is 0.0613. The Balaban J connectivity index is 1.64. The fourth-order valence-electron chi connectivity index (χ4n) is 3.46. The molecule has 0 bridgehead atoms. The molecule has 0 radical (unpaired) electrons. The molecule has 0 saturated carbocycles. The average molecular weight is 364 g/mol. The first kappa shape index (κ1) is 19.2. The van der Waals surface area contributed by atoms with E-state index in [-0.39, 0.29) is 24.2 Å². The van der Waals surface area contributed by atoms with Gasteiger partial charge in [0.05, 0.1) is 18.2 Å². The fraction of sp³-hybridized carbons (Fsp3) is 0.348. The van der Waals surface area contributed by atoms with Gasteiger partial charge in [0.25, 0.3) is 0 Å². The van der Waals surface area contributed by atoms with E-state index in [1.165, 1.54) is 5.69 Å². The third kappa shape index (κ3) is 5.44. The van der Waals surface area contributed by atoms with E-state index in [0.29, 0.717) is 0 Å². The number of carbonyl (C=O) groups excluding carboxylic acids is 1. The van der Waals surface area contributed by atoms with Gasteiger partial charge in [-0.2, -0.15) is 0 Å². The van der Waals surface area contributed by atoms with Gasteiger partial charge in [0.2, 0.25) is 5.91 Å². The van der Waals surface area contributed by atoms with Gasteiger partial charge in [0.15, 0.2) is 0 Å². The minimum atomic E-state index is -0.0922. The molecule has 0 aliphatic carbocycles. The quantitative estimate of drug-likeness (QED) is 0.809. The Bertz CT molecular complexity index is 778. The molecule has 0 aromatic heterocycles. The van der Waals surface area contributed by atoms with Gasteiger partial charge >= 0.3 is 0 Å². The van der Waals surface area contributed by atoms with E-state index in [1.807, 2.05) is 43.3 Å². The smallest absolute Gasteiger partial charge is 0.244 e. The molecule has 2 aromatic rings. The van der Waals surface area contributed by atoms with Crippen LogP contribution in [-0.4, -0.2) is 31.2 Å². The summed E-state index contributed by atoms with van der Waals surface area (Å²) in [6.07, 6.45) is 3.85. The second kappa shape index (κ2) is 8.87. The third-order valence-corrected chi connectivity index (χ3v) is 4.74. The first-order valence-corrected chi connectivity index (χ1v) is 9.55. The van der Waals surface area contributed by atoms with E-state index in [9.17, 15) is 4.79 Å². The largest absolute Gasteiger partial charge is 0.372 e. The van der Waals surface area contributed by atoms with Gasteiger partial charge < -0.3 is 15.0 Å². The van der Waals surface area contributed by atoms with E-state index in [2.05, 4.69) is 48.3 Å². The van der Waals surface area contributed by atoms with Crippen molar-refractivity contribution in [2.24, 2.45) is 0 Å². The fourth-order valence-corrected chi connectivity index (χ4v) is 3.46. The number of rotatable bonds is 5. The van der Waals surface area contributed by atoms with Crippen molar-refractivity contribution in [1.29, 1.82) is 0 Å². The maximum absolute atomic E-state index is 12.2. The number of anilines is 1. The summed E-state index contributed by atoms with van der Waals surface area (Å²) in [5.41, 5.74) is 3.29. The molecular formula is C23H28N2O2. The number of nitrogens with zero attached hydrogens (tertiary/aromatic N) is 1. The van der Waals surface area contributed by atoms with Crippen LogP contribution >= 0.6 is 0 Å². The molecule has 3 atom stereocenters. The standard InChI is InChI=1S/C23H28N2O2/c1-17-15-25(16-18(2)27-17)22-11-7-10-21(14-22)19(3)24-23(26)13-12-20-8-5-4-6-9-20/h4-14,17-19H,15-16H2,1-3H3,(H,24,26)/b13-12+/t17?,18?,19-/m0/s1. The zero-order chi connectivity index (χ0) is 19.2. The summed E-state index contributed by atoms with van der Waals surface area (Å²) in [5.74, 6) is -0.0922. The van der Waals surface area contributed by atoms with Crippen molar-refractivity contribution in [3.8, 4) is 0 Å². The molecule has 1 aliphatic heterocycles. The molecule has 1 N–H and O–H groups in total. The van der Waals surface area contributed by atoms with Crippen LogP contribution in [0.15, 0.2) is 60.7 Å². The third-order valence-electron chi connectivity index (χ3n) is 4.74. The predicted molar refractivity (Wildman–Crippen MR) is 111 cm³/mol. The summed E-state index contributed by atoms with van der Waals surface area (Å²) >= 11 is 0. The lowest BCUT2D eigenvalue weighted by Gasteiger charge is -2.37. The van der Waals surface area contributed by atoms with Crippen LogP contribution in [0, 0.1) is 0 Å². The number of nitrogens with one attached hydrogen (secondary N) is 1. The van der Waals surface area contributed by atoms with Gasteiger partial charge in [0, 0.05) is 24.9 Å². The van der Waals surface area contributed by atoms with Gasteiger partial charge in [-0.25, -0.2) is 0 Å². The minimum Gasteiger partial charge on any atom is -0.372 e. The predicted octanol–water partition coefficient (Wildman–Crippen LogP) is 4.19. The van der Waals surface area contributed by atoms with Gasteiger partial charge in [-0.1, -0.05) is 42.5 Å². The highest BCUT2D eigenvalue weighted by Crippen LogP contribution is 2.24. The Morgan fingerprint density at radius 1 is 1.11 bits per heavy atom. The number of morpholine rings is 1. The van der Waals surface area contributed by atoms with Crippen molar-refractivity contribution in [3.63, 3.8) is 0 Å². The molecule has 2 unspecified atom stereocenters. The number of benzene rings is 2. The van der Waals surface area contributed by atoms with Crippen LogP contribution in [0.25, 0.3) is 6.08 Å². The Kier molecular flexibility index (Phi) is 6.30. The molecule has 142 valence electrons. The maximum Gasteiger partial charge on any atom is 0.244 e. The summed E-state index contributed by atoms with van der Waals surface area (Å²) in [4.78, 5) is 14.6. The van der Waals surface area contributed by atoms with Crippen molar-refractivity contribution >= 4 is 17.7 Å². The number of hydrogen-bond acceptors (Lipinski definition) is 3. The molecule has 4 nitrogen and oxygen atoms in total. The number of ether oxygens (including phenoxy) is 1. The van der Waals surface area contributed by atoms with Crippen molar-refractivity contribution < 1.29 is 9.53 Å². The zero-order valence-electron chi connectivity index (χ0n) is 16.3. The van der Waals surface area contributed by atoms with E-state index >= 15 is 0 Å². The Morgan fingerprint density at radius 3 is 2.52 bits per heavy atom. The van der Waals surface area contributed by atoms with E-state index in [4.69, 9.17) is 4.74 Å². The molecule has 1 saturated heterocycles. The second-order valence-electron chi connectivity index (χ2n) is 7.23. The Labute approximate surface area is 161 Å². The summed E-state index contributed by atoms with van der Waals surface area (Å²) < 4.78 is 5.83. The summed E-state index contributed by atoms with van der Waals surface area (Å²) in [6, 6.07) is 18.2. The highest BCUT2D eigenvalue weighted by molar-refractivity contribution is 5.91. The van der Waals surface area contributed by atoms with E-state index in [1.54, 1.807) is 6.08 Å². The van der Waals surface area contributed by atoms with Crippen LogP contribution in [0.4, 0.5) is 5.69 Å². The van der Waals surface area contributed by atoms with Crippen LogP contribution in [0.5, 0.6) is 0 Å². The molecule has 0 spiro atoms. The monoisotopic (exact) mass is 364 g/mol. The van der Waals surface area contributed by atoms with Gasteiger partial charge in [-0.05, 0) is 50.1 Å². The van der Waals surface area contributed by atoms with Crippen LogP contribution < -0.4 is 10.2 Å². The highest BCUT2D eigenvalue weighted by atomic mass is 16.5. The topological polar surface area (TPSA) is 41.6 Å². The van der Waals surface area contributed by atoms with Gasteiger partial charge in [-0.3, -0.25) is 4.79 Å². The van der Waals surface area contributed by atoms with Crippen molar-refractivity contribution in [2.75, 3.05) is 18.0 Å². The zero-order valence-corrected chi connectivity index (χ0v) is 16.3. The van der Waals surface area contributed by atoms with Gasteiger partial charge in [-0.15, -0.1) is 0 Å². The number of amides is 1. The summed E-state index contributed by atoms with van der Waals surface area (Å²) in [5, 5.41) is 3.05. The molecule has 1 heterocycles. The molecule has 1 amide bonds. The Morgan fingerprint density at radius 2 is 1.81 bits per heavy atom. The molecule has 2 aromatic carbocycles. The number of hydrogen-bond donors (Lipinski definition) is 1.